The van der Waals surface area contributed by atoms with Crippen LogP contribution >= 0.6 is 0 Å². The Kier molecular flexibility index (Phi) is 6.06. The van der Waals surface area contributed by atoms with E-state index < -0.39 is 0 Å². The topological polar surface area (TPSA) is 29.3 Å². The number of hydrogen-bond acceptors (Lipinski definition) is 2. The van der Waals surface area contributed by atoms with Gasteiger partial charge in [0.25, 0.3) is 0 Å². The predicted molar refractivity (Wildman–Crippen MR) is 87.1 cm³/mol. The van der Waals surface area contributed by atoms with Gasteiger partial charge in [0.2, 0.25) is 0 Å². The van der Waals surface area contributed by atoms with Gasteiger partial charge in [0, 0.05) is 13.1 Å². The zero-order valence-corrected chi connectivity index (χ0v) is 13.1. The van der Waals surface area contributed by atoms with E-state index in [9.17, 15) is 0 Å². The maximum atomic E-state index is 5.69. The van der Waals surface area contributed by atoms with Crippen molar-refractivity contribution in [3.8, 4) is 0 Å². The Morgan fingerprint density at radius 2 is 2.10 bits per heavy atom. The third-order valence-corrected chi connectivity index (χ3v) is 4.27. The average molecular weight is 274 g/mol. The lowest BCUT2D eigenvalue weighted by molar-refractivity contribution is 0.221. The molecule has 0 heterocycles. The number of aryl methyl sites for hydroxylation is 1. The van der Waals surface area contributed by atoms with Crippen LogP contribution in [0.5, 0.6) is 0 Å². The summed E-state index contributed by atoms with van der Waals surface area (Å²) in [6.45, 7) is 8.96. The van der Waals surface area contributed by atoms with Crippen molar-refractivity contribution in [2.24, 2.45) is 11.7 Å². The molecule has 0 fully saturated rings. The van der Waals surface area contributed by atoms with Crippen molar-refractivity contribution >= 4 is 0 Å². The molecule has 0 amide bonds. The Morgan fingerprint density at radius 1 is 1.30 bits per heavy atom. The molecule has 0 radical (unpaired) electrons. The van der Waals surface area contributed by atoms with Gasteiger partial charge in [-0.15, -0.1) is 0 Å². The molecular weight excluding hydrogens is 244 g/mol. The summed E-state index contributed by atoms with van der Waals surface area (Å²) in [7, 11) is 0. The lowest BCUT2D eigenvalue weighted by Gasteiger charge is -2.32. The molecule has 2 nitrogen and oxygen atoms in total. The quantitative estimate of drug-likeness (QED) is 0.825. The van der Waals surface area contributed by atoms with Crippen LogP contribution in [0.25, 0.3) is 0 Å². The van der Waals surface area contributed by atoms with Crippen LogP contribution in [0.2, 0.25) is 0 Å². The molecule has 2 N–H and O–H groups in total. The fraction of sp³-hybridized carbons (Fsp3) is 0.667. The van der Waals surface area contributed by atoms with Crippen LogP contribution in [0.15, 0.2) is 24.3 Å². The minimum Gasteiger partial charge on any atom is -0.330 e. The maximum absolute atomic E-state index is 5.69. The second kappa shape index (κ2) is 7.80. The summed E-state index contributed by atoms with van der Waals surface area (Å²) in [5.74, 6) is 1.45. The van der Waals surface area contributed by atoms with Gasteiger partial charge in [-0.2, -0.15) is 0 Å². The molecule has 1 aromatic rings. The molecule has 2 heteroatoms. The zero-order chi connectivity index (χ0) is 14.4. The average Bonchev–Trinajstić information content (AvgIpc) is 2.44. The van der Waals surface area contributed by atoms with Crippen LogP contribution in [-0.2, 0) is 6.42 Å². The number of rotatable bonds is 7. The number of benzene rings is 1. The molecule has 0 aliphatic heterocycles. The molecule has 1 aliphatic carbocycles. The summed E-state index contributed by atoms with van der Waals surface area (Å²) in [5, 5.41) is 0. The minimum absolute atomic E-state index is 0.719. The van der Waals surface area contributed by atoms with Crippen LogP contribution in [0, 0.1) is 5.92 Å². The molecule has 1 atom stereocenters. The fourth-order valence-electron chi connectivity index (χ4n) is 3.44. The van der Waals surface area contributed by atoms with Gasteiger partial charge in [-0.3, -0.25) is 0 Å². The monoisotopic (exact) mass is 274 g/mol. The van der Waals surface area contributed by atoms with E-state index in [-0.39, 0.29) is 0 Å². The normalized spacial score (nSPS) is 18.6. The Bertz CT molecular complexity index is 400. The highest BCUT2D eigenvalue weighted by atomic mass is 15.1. The lowest BCUT2D eigenvalue weighted by Crippen LogP contribution is -2.34. The van der Waals surface area contributed by atoms with Crippen molar-refractivity contribution in [2.75, 3.05) is 26.2 Å². The summed E-state index contributed by atoms with van der Waals surface area (Å²) < 4.78 is 0. The molecule has 20 heavy (non-hydrogen) atoms. The van der Waals surface area contributed by atoms with Gasteiger partial charge in [-0.1, -0.05) is 38.1 Å². The first-order valence-electron chi connectivity index (χ1n) is 8.21. The number of hydrogen-bond donors (Lipinski definition) is 1. The molecule has 0 bridgehead atoms. The van der Waals surface area contributed by atoms with Crippen molar-refractivity contribution in [1.82, 2.24) is 4.90 Å². The highest BCUT2D eigenvalue weighted by Crippen LogP contribution is 2.32. The summed E-state index contributed by atoms with van der Waals surface area (Å²) in [4.78, 5) is 2.63. The van der Waals surface area contributed by atoms with Crippen molar-refractivity contribution in [3.05, 3.63) is 35.4 Å². The smallest absolute Gasteiger partial charge is 0.00505 e. The van der Waals surface area contributed by atoms with Gasteiger partial charge in [0.15, 0.2) is 0 Å². The predicted octanol–water partition coefficient (Wildman–Crippen LogP) is 3.41. The summed E-state index contributed by atoms with van der Waals surface area (Å²) >= 11 is 0. The number of nitrogens with zero attached hydrogens (tertiary/aromatic N) is 1. The zero-order valence-electron chi connectivity index (χ0n) is 13.1. The van der Waals surface area contributed by atoms with Crippen molar-refractivity contribution in [3.63, 3.8) is 0 Å². The second-order valence-electron chi connectivity index (χ2n) is 6.58. The Morgan fingerprint density at radius 3 is 2.85 bits per heavy atom. The van der Waals surface area contributed by atoms with E-state index in [1.807, 2.05) is 0 Å². The highest BCUT2D eigenvalue weighted by Gasteiger charge is 2.22. The lowest BCUT2D eigenvalue weighted by atomic mass is 9.82. The molecule has 2 rings (SSSR count). The second-order valence-corrected chi connectivity index (χ2v) is 6.58. The number of nitrogens with two attached hydrogens (primary N) is 1. The molecule has 0 spiro atoms. The first-order valence-corrected chi connectivity index (χ1v) is 8.21. The molecule has 1 aromatic carbocycles. The molecule has 1 aliphatic rings. The third-order valence-electron chi connectivity index (χ3n) is 4.27. The fourth-order valence-corrected chi connectivity index (χ4v) is 3.44. The molecule has 0 aromatic heterocycles. The first-order chi connectivity index (χ1) is 9.70. The van der Waals surface area contributed by atoms with Crippen LogP contribution in [0.1, 0.15) is 50.2 Å². The van der Waals surface area contributed by atoms with Crippen molar-refractivity contribution < 1.29 is 0 Å². The van der Waals surface area contributed by atoms with Gasteiger partial charge in [-0.25, -0.2) is 0 Å². The summed E-state index contributed by atoms with van der Waals surface area (Å²) in [5.41, 5.74) is 8.86. The molecular formula is C18H30N2. The van der Waals surface area contributed by atoms with Gasteiger partial charge >= 0.3 is 0 Å². The minimum atomic E-state index is 0.719. The third kappa shape index (κ3) is 4.32. The summed E-state index contributed by atoms with van der Waals surface area (Å²) in [6.07, 6.45) is 5.06. The highest BCUT2D eigenvalue weighted by molar-refractivity contribution is 5.32. The van der Waals surface area contributed by atoms with E-state index in [1.165, 1.54) is 32.4 Å². The Labute approximate surface area is 124 Å². The van der Waals surface area contributed by atoms with E-state index >= 15 is 0 Å². The van der Waals surface area contributed by atoms with Crippen LogP contribution in [-0.4, -0.2) is 31.1 Å². The maximum Gasteiger partial charge on any atom is 0.00505 e. The molecule has 0 saturated carbocycles. The van der Waals surface area contributed by atoms with Crippen molar-refractivity contribution in [2.45, 2.75) is 45.4 Å². The number of fused-ring (bicyclic) bond motifs is 1. The van der Waals surface area contributed by atoms with Gasteiger partial charge in [0.05, 0.1) is 0 Å². The van der Waals surface area contributed by atoms with Crippen LogP contribution in [0.4, 0.5) is 0 Å². The Hall–Kier alpha value is -0.860. The van der Waals surface area contributed by atoms with E-state index in [4.69, 9.17) is 5.73 Å². The van der Waals surface area contributed by atoms with Crippen molar-refractivity contribution in [1.29, 1.82) is 0 Å². The van der Waals surface area contributed by atoms with E-state index in [2.05, 4.69) is 43.0 Å². The first kappa shape index (κ1) is 15.5. The molecule has 112 valence electrons. The SMILES string of the molecule is CC(C)CN(CCCN)CC1CCCc2ccccc21. The van der Waals surface area contributed by atoms with E-state index in [1.54, 1.807) is 11.1 Å². The summed E-state index contributed by atoms with van der Waals surface area (Å²) in [6, 6.07) is 9.04. The van der Waals surface area contributed by atoms with Gasteiger partial charge < -0.3 is 10.6 Å². The standard InChI is InChI=1S/C18H30N2/c1-15(2)13-20(12-6-11-19)14-17-9-5-8-16-7-3-4-10-18(16)17/h3-4,7,10,15,17H,5-6,8-9,11-14,19H2,1-2H3. The van der Waals surface area contributed by atoms with E-state index in [0.717, 1.165) is 31.3 Å². The molecule has 1 unspecified atom stereocenters. The molecule has 0 saturated heterocycles. The van der Waals surface area contributed by atoms with E-state index in [0.29, 0.717) is 0 Å². The van der Waals surface area contributed by atoms with Gasteiger partial charge in [0.1, 0.15) is 0 Å². The van der Waals surface area contributed by atoms with Crippen LogP contribution < -0.4 is 5.73 Å². The van der Waals surface area contributed by atoms with Gasteiger partial charge in [-0.05, 0) is 61.7 Å². The van der Waals surface area contributed by atoms with Crippen LogP contribution in [0.3, 0.4) is 0 Å². The largest absolute Gasteiger partial charge is 0.330 e. The Balaban J connectivity index is 2.03.